The van der Waals surface area contributed by atoms with E-state index in [0.717, 1.165) is 12.8 Å². The summed E-state index contributed by atoms with van der Waals surface area (Å²) in [4.78, 5) is 2.06. The van der Waals surface area contributed by atoms with Crippen molar-refractivity contribution in [3.05, 3.63) is 35.4 Å². The fourth-order valence-corrected chi connectivity index (χ4v) is 3.06. The van der Waals surface area contributed by atoms with Gasteiger partial charge in [-0.1, -0.05) is 25.3 Å². The summed E-state index contributed by atoms with van der Waals surface area (Å²) in [6.07, 6.45) is 5.80. The second kappa shape index (κ2) is 6.44. The number of benzene rings is 1. The molecule has 1 aromatic carbocycles. The number of nitrogens with two attached hydrogens (primary N) is 1. The lowest BCUT2D eigenvalue weighted by Gasteiger charge is -2.37. The van der Waals surface area contributed by atoms with E-state index in [-0.39, 0.29) is 18.2 Å². The number of rotatable bonds is 4. The van der Waals surface area contributed by atoms with Crippen LogP contribution in [0.15, 0.2) is 18.2 Å². The Labute approximate surface area is 113 Å². The maximum absolute atomic E-state index is 13.9. The van der Waals surface area contributed by atoms with Crippen LogP contribution in [0.25, 0.3) is 0 Å². The molecule has 106 valence electrons. The monoisotopic (exact) mass is 268 g/mol. The molecule has 1 fully saturated rings. The quantitative estimate of drug-likeness (QED) is 0.908. The predicted octanol–water partition coefficient (Wildman–Crippen LogP) is 3.23. The van der Waals surface area contributed by atoms with E-state index < -0.39 is 11.6 Å². The Bertz CT molecular complexity index is 396. The van der Waals surface area contributed by atoms with Crippen LogP contribution in [0, 0.1) is 11.6 Å². The summed E-state index contributed by atoms with van der Waals surface area (Å²) >= 11 is 0. The Hall–Kier alpha value is -1.00. The molecule has 0 saturated heterocycles. The summed E-state index contributed by atoms with van der Waals surface area (Å²) in [6, 6.07) is 3.99. The number of hydrogen-bond donors (Lipinski definition) is 1. The van der Waals surface area contributed by atoms with E-state index >= 15 is 0 Å². The molecule has 0 radical (unpaired) electrons. The Balaban J connectivity index is 2.23. The first-order valence-corrected chi connectivity index (χ1v) is 7.01. The first-order chi connectivity index (χ1) is 9.15. The highest BCUT2D eigenvalue weighted by Crippen LogP contribution is 2.30. The smallest absolute Gasteiger partial charge is 0.130 e. The lowest BCUT2D eigenvalue weighted by Crippen LogP contribution is -2.40. The summed E-state index contributed by atoms with van der Waals surface area (Å²) in [5, 5.41) is 0. The van der Waals surface area contributed by atoms with Crippen molar-refractivity contribution in [2.75, 3.05) is 13.6 Å². The summed E-state index contributed by atoms with van der Waals surface area (Å²) in [7, 11) is 1.93. The van der Waals surface area contributed by atoms with Crippen LogP contribution in [0.1, 0.15) is 43.7 Å². The first kappa shape index (κ1) is 14.4. The Kier molecular flexibility index (Phi) is 4.88. The standard InChI is InChI=1S/C15H22F2N2/c1-19(11-6-3-2-4-7-11)14(10-18)15-12(16)8-5-9-13(15)17/h5,8-9,11,14H,2-4,6-7,10,18H2,1H3. The van der Waals surface area contributed by atoms with Crippen LogP contribution in [-0.2, 0) is 0 Å². The lowest BCUT2D eigenvalue weighted by atomic mass is 9.92. The molecular weight excluding hydrogens is 246 g/mol. The van der Waals surface area contributed by atoms with Gasteiger partial charge in [0.2, 0.25) is 0 Å². The minimum Gasteiger partial charge on any atom is -0.329 e. The van der Waals surface area contributed by atoms with Crippen molar-refractivity contribution in [2.24, 2.45) is 5.73 Å². The maximum atomic E-state index is 13.9. The van der Waals surface area contributed by atoms with E-state index in [4.69, 9.17) is 5.73 Å². The van der Waals surface area contributed by atoms with Gasteiger partial charge in [0.1, 0.15) is 11.6 Å². The average molecular weight is 268 g/mol. The first-order valence-electron chi connectivity index (χ1n) is 7.01. The van der Waals surface area contributed by atoms with Crippen LogP contribution in [0.5, 0.6) is 0 Å². The molecule has 0 bridgehead atoms. The van der Waals surface area contributed by atoms with Gasteiger partial charge in [0.05, 0.1) is 6.04 Å². The zero-order chi connectivity index (χ0) is 13.8. The molecule has 1 aromatic rings. The van der Waals surface area contributed by atoms with Gasteiger partial charge in [0, 0.05) is 18.2 Å². The molecule has 1 saturated carbocycles. The van der Waals surface area contributed by atoms with Crippen LogP contribution >= 0.6 is 0 Å². The van der Waals surface area contributed by atoms with Crippen molar-refractivity contribution in [3.63, 3.8) is 0 Å². The third-order valence-corrected chi connectivity index (χ3v) is 4.20. The van der Waals surface area contributed by atoms with Crippen molar-refractivity contribution in [1.82, 2.24) is 4.90 Å². The number of halogens is 2. The minimum atomic E-state index is -0.502. The summed E-state index contributed by atoms with van der Waals surface area (Å²) in [5.41, 5.74) is 5.88. The van der Waals surface area contributed by atoms with Crippen LogP contribution in [-0.4, -0.2) is 24.5 Å². The molecule has 1 atom stereocenters. The zero-order valence-electron chi connectivity index (χ0n) is 11.4. The molecule has 1 aliphatic carbocycles. The van der Waals surface area contributed by atoms with Crippen molar-refractivity contribution >= 4 is 0 Å². The largest absolute Gasteiger partial charge is 0.329 e. The van der Waals surface area contributed by atoms with Gasteiger partial charge in [-0.2, -0.15) is 0 Å². The zero-order valence-corrected chi connectivity index (χ0v) is 11.4. The number of nitrogens with zero attached hydrogens (tertiary/aromatic N) is 1. The van der Waals surface area contributed by atoms with E-state index in [2.05, 4.69) is 4.90 Å². The highest BCUT2D eigenvalue weighted by atomic mass is 19.1. The lowest BCUT2D eigenvalue weighted by molar-refractivity contribution is 0.136. The van der Waals surface area contributed by atoms with Gasteiger partial charge in [0.25, 0.3) is 0 Å². The topological polar surface area (TPSA) is 29.3 Å². The average Bonchev–Trinajstić information content (AvgIpc) is 2.43. The molecule has 1 aliphatic rings. The van der Waals surface area contributed by atoms with Gasteiger partial charge in [-0.3, -0.25) is 4.90 Å². The van der Waals surface area contributed by atoms with Gasteiger partial charge in [0.15, 0.2) is 0 Å². The summed E-state index contributed by atoms with van der Waals surface area (Å²) in [6.45, 7) is 0.227. The van der Waals surface area contributed by atoms with Crippen molar-refractivity contribution in [2.45, 2.75) is 44.2 Å². The number of hydrogen-bond acceptors (Lipinski definition) is 2. The molecule has 0 aliphatic heterocycles. The second-order valence-electron chi connectivity index (χ2n) is 5.34. The SMILES string of the molecule is CN(C1CCCCC1)C(CN)c1c(F)cccc1F. The third kappa shape index (κ3) is 3.12. The molecule has 19 heavy (non-hydrogen) atoms. The van der Waals surface area contributed by atoms with Gasteiger partial charge >= 0.3 is 0 Å². The van der Waals surface area contributed by atoms with Crippen molar-refractivity contribution < 1.29 is 8.78 Å². The third-order valence-electron chi connectivity index (χ3n) is 4.20. The minimum absolute atomic E-state index is 0.109. The van der Waals surface area contributed by atoms with Crippen molar-refractivity contribution in [1.29, 1.82) is 0 Å². The molecule has 0 spiro atoms. The molecule has 2 N–H and O–H groups in total. The second-order valence-corrected chi connectivity index (χ2v) is 5.34. The van der Waals surface area contributed by atoms with E-state index in [1.54, 1.807) is 0 Å². The predicted molar refractivity (Wildman–Crippen MR) is 72.8 cm³/mol. The summed E-state index contributed by atoms with van der Waals surface area (Å²) < 4.78 is 27.8. The Morgan fingerprint density at radius 2 is 1.79 bits per heavy atom. The molecule has 0 aromatic heterocycles. The molecule has 0 heterocycles. The van der Waals surface area contributed by atoms with Gasteiger partial charge in [-0.25, -0.2) is 8.78 Å². The van der Waals surface area contributed by atoms with Crippen LogP contribution in [0.3, 0.4) is 0 Å². The molecular formula is C15H22F2N2. The highest BCUT2D eigenvalue weighted by Gasteiger charge is 2.28. The summed E-state index contributed by atoms with van der Waals surface area (Å²) in [5.74, 6) is -1.00. The molecule has 0 amide bonds. The fourth-order valence-electron chi connectivity index (χ4n) is 3.06. The van der Waals surface area contributed by atoms with Crippen LogP contribution < -0.4 is 5.73 Å². The van der Waals surface area contributed by atoms with Gasteiger partial charge in [-0.15, -0.1) is 0 Å². The number of likely N-dealkylation sites (N-methyl/N-ethyl adjacent to an activating group) is 1. The van der Waals surface area contributed by atoms with Gasteiger partial charge < -0.3 is 5.73 Å². The normalized spacial score (nSPS) is 18.8. The van der Waals surface area contributed by atoms with E-state index in [1.165, 1.54) is 37.5 Å². The van der Waals surface area contributed by atoms with Crippen LogP contribution in [0.4, 0.5) is 8.78 Å². The Morgan fingerprint density at radius 1 is 1.21 bits per heavy atom. The maximum Gasteiger partial charge on any atom is 0.130 e. The molecule has 1 unspecified atom stereocenters. The van der Waals surface area contributed by atoms with Crippen LogP contribution in [0.2, 0.25) is 0 Å². The van der Waals surface area contributed by atoms with Crippen molar-refractivity contribution in [3.8, 4) is 0 Å². The van der Waals surface area contributed by atoms with E-state index in [9.17, 15) is 8.78 Å². The fraction of sp³-hybridized carbons (Fsp3) is 0.600. The molecule has 2 nitrogen and oxygen atoms in total. The highest BCUT2D eigenvalue weighted by molar-refractivity contribution is 5.24. The van der Waals surface area contributed by atoms with E-state index in [0.29, 0.717) is 6.04 Å². The molecule has 2 rings (SSSR count). The van der Waals surface area contributed by atoms with Gasteiger partial charge in [-0.05, 0) is 32.0 Å². The van der Waals surface area contributed by atoms with E-state index in [1.807, 2.05) is 7.05 Å². The molecule has 4 heteroatoms. The Morgan fingerprint density at radius 3 is 2.32 bits per heavy atom.